The van der Waals surface area contributed by atoms with Crippen molar-refractivity contribution in [1.82, 2.24) is 8.61 Å². The predicted octanol–water partition coefficient (Wildman–Crippen LogP) is 0.702. The molecule has 1 aromatic rings. The fourth-order valence-electron chi connectivity index (χ4n) is 2.57. The Hall–Kier alpha value is -1.44. The van der Waals surface area contributed by atoms with E-state index >= 15 is 0 Å². The van der Waals surface area contributed by atoms with E-state index in [0.717, 1.165) is 26.3 Å². The molecule has 1 aliphatic rings. The van der Waals surface area contributed by atoms with Crippen LogP contribution in [0.25, 0.3) is 0 Å². The molecule has 1 amide bonds. The minimum Gasteiger partial charge on any atom is -0.308 e. The van der Waals surface area contributed by atoms with Crippen molar-refractivity contribution < 1.29 is 13.2 Å². The van der Waals surface area contributed by atoms with Crippen LogP contribution in [0.4, 0.5) is 5.69 Å². The highest BCUT2D eigenvalue weighted by atomic mass is 32.2. The van der Waals surface area contributed by atoms with E-state index in [0.29, 0.717) is 0 Å². The molecule has 2 rings (SSSR count). The Morgan fingerprint density at radius 2 is 1.90 bits per heavy atom. The lowest BCUT2D eigenvalue weighted by Gasteiger charge is -2.26. The molecule has 0 unspecified atom stereocenters. The average Bonchev–Trinajstić information content (AvgIpc) is 2.73. The monoisotopic (exact) mass is 311 g/mol. The molecule has 1 atom stereocenters. The van der Waals surface area contributed by atoms with E-state index < -0.39 is 10.2 Å². The van der Waals surface area contributed by atoms with Gasteiger partial charge in [0.25, 0.3) is 10.2 Å². The van der Waals surface area contributed by atoms with Crippen LogP contribution in [0, 0.1) is 0 Å². The molecule has 0 bridgehead atoms. The van der Waals surface area contributed by atoms with Crippen molar-refractivity contribution in [3.63, 3.8) is 0 Å². The maximum absolute atomic E-state index is 12.5. The molecule has 1 aliphatic heterocycles. The minimum absolute atomic E-state index is 0.0466. The third kappa shape index (κ3) is 2.95. The summed E-state index contributed by atoms with van der Waals surface area (Å²) in [6.07, 6.45) is 0.798. The number of likely N-dealkylation sites (N-methyl/N-ethyl adjacent to an activating group) is 1. The first-order valence-electron chi connectivity index (χ1n) is 6.79. The standard InChI is InChI=1S/C14H21N3O3S/c1-11-9-12-7-5-6-8-13(12)17(11)14(18)10-16(4)21(19,20)15(2)3/h5-8,11H,9-10H2,1-4H3/t11-/m0/s1. The smallest absolute Gasteiger partial charge is 0.281 e. The van der Waals surface area contributed by atoms with E-state index in [1.165, 1.54) is 21.1 Å². The number of amides is 1. The summed E-state index contributed by atoms with van der Waals surface area (Å²) < 4.78 is 26.1. The van der Waals surface area contributed by atoms with E-state index in [4.69, 9.17) is 0 Å². The fourth-order valence-corrected chi connectivity index (χ4v) is 3.40. The molecule has 1 heterocycles. The van der Waals surface area contributed by atoms with Crippen LogP contribution >= 0.6 is 0 Å². The molecule has 21 heavy (non-hydrogen) atoms. The summed E-state index contributed by atoms with van der Waals surface area (Å²) in [6, 6.07) is 7.78. The normalized spacial score (nSPS) is 18.4. The lowest BCUT2D eigenvalue weighted by molar-refractivity contribution is -0.119. The minimum atomic E-state index is -3.58. The van der Waals surface area contributed by atoms with Crippen LogP contribution in [0.3, 0.4) is 0 Å². The quantitative estimate of drug-likeness (QED) is 0.822. The van der Waals surface area contributed by atoms with Gasteiger partial charge in [-0.2, -0.15) is 17.0 Å². The van der Waals surface area contributed by atoms with Crippen LogP contribution in [0.1, 0.15) is 12.5 Å². The second kappa shape index (κ2) is 5.75. The Labute approximate surface area is 126 Å². The molecule has 0 saturated heterocycles. The Balaban J connectivity index is 2.18. The van der Waals surface area contributed by atoms with E-state index in [9.17, 15) is 13.2 Å². The number of carbonyl (C=O) groups is 1. The number of nitrogens with zero attached hydrogens (tertiary/aromatic N) is 3. The highest BCUT2D eigenvalue weighted by Crippen LogP contribution is 2.31. The third-order valence-electron chi connectivity index (χ3n) is 3.69. The number of anilines is 1. The van der Waals surface area contributed by atoms with Gasteiger partial charge >= 0.3 is 0 Å². The largest absolute Gasteiger partial charge is 0.308 e. The second-order valence-corrected chi connectivity index (χ2v) is 7.74. The van der Waals surface area contributed by atoms with Gasteiger partial charge in [-0.1, -0.05) is 18.2 Å². The highest BCUT2D eigenvalue weighted by molar-refractivity contribution is 7.86. The van der Waals surface area contributed by atoms with Gasteiger partial charge in [-0.3, -0.25) is 4.79 Å². The Bertz CT molecular complexity index is 643. The van der Waals surface area contributed by atoms with Gasteiger partial charge < -0.3 is 4.90 Å². The summed E-state index contributed by atoms with van der Waals surface area (Å²) in [4.78, 5) is 14.2. The van der Waals surface area contributed by atoms with E-state index in [1.807, 2.05) is 31.2 Å². The van der Waals surface area contributed by atoms with Crippen molar-refractivity contribution in [2.24, 2.45) is 0 Å². The molecule has 0 aromatic heterocycles. The van der Waals surface area contributed by atoms with Crippen LogP contribution in [-0.2, 0) is 21.4 Å². The van der Waals surface area contributed by atoms with Gasteiger partial charge in [0.15, 0.2) is 0 Å². The summed E-state index contributed by atoms with van der Waals surface area (Å²) in [6.45, 7) is 1.80. The van der Waals surface area contributed by atoms with Crippen LogP contribution < -0.4 is 4.90 Å². The second-order valence-electron chi connectivity index (χ2n) is 5.49. The molecule has 7 heteroatoms. The van der Waals surface area contributed by atoms with Crippen molar-refractivity contribution in [1.29, 1.82) is 0 Å². The number of hydrogen-bond donors (Lipinski definition) is 0. The lowest BCUT2D eigenvalue weighted by Crippen LogP contribution is -2.46. The molecule has 0 radical (unpaired) electrons. The first-order valence-corrected chi connectivity index (χ1v) is 8.18. The molecule has 6 nitrogen and oxygen atoms in total. The number of carbonyl (C=O) groups excluding carboxylic acids is 1. The van der Waals surface area contributed by atoms with Gasteiger partial charge in [-0.15, -0.1) is 0 Å². The third-order valence-corrected chi connectivity index (χ3v) is 5.53. The van der Waals surface area contributed by atoms with Gasteiger partial charge in [0.05, 0.1) is 6.54 Å². The predicted molar refractivity (Wildman–Crippen MR) is 82.3 cm³/mol. The molecular weight excluding hydrogens is 290 g/mol. The van der Waals surface area contributed by atoms with Crippen molar-refractivity contribution in [2.75, 3.05) is 32.6 Å². The molecule has 0 fully saturated rings. The van der Waals surface area contributed by atoms with Crippen molar-refractivity contribution in [3.05, 3.63) is 29.8 Å². The van der Waals surface area contributed by atoms with Crippen LogP contribution in [-0.4, -0.2) is 56.7 Å². The fraction of sp³-hybridized carbons (Fsp3) is 0.500. The molecule has 116 valence electrons. The number of hydrogen-bond acceptors (Lipinski definition) is 3. The number of fused-ring (bicyclic) bond motifs is 1. The molecule has 1 aromatic carbocycles. The van der Waals surface area contributed by atoms with E-state index in [1.54, 1.807) is 4.90 Å². The van der Waals surface area contributed by atoms with E-state index in [-0.39, 0.29) is 18.5 Å². The van der Waals surface area contributed by atoms with Gasteiger partial charge in [-0.05, 0) is 25.0 Å². The van der Waals surface area contributed by atoms with Gasteiger partial charge in [0, 0.05) is 32.9 Å². The summed E-state index contributed by atoms with van der Waals surface area (Å²) in [5, 5.41) is 0. The Kier molecular flexibility index (Phi) is 4.36. The first-order chi connectivity index (χ1) is 9.75. The molecule has 0 aliphatic carbocycles. The van der Waals surface area contributed by atoms with Crippen LogP contribution in [0.5, 0.6) is 0 Å². The molecule has 0 spiro atoms. The number of rotatable bonds is 4. The summed E-state index contributed by atoms with van der Waals surface area (Å²) >= 11 is 0. The van der Waals surface area contributed by atoms with Crippen LogP contribution in [0.2, 0.25) is 0 Å². The maximum atomic E-state index is 12.5. The first kappa shape index (κ1) is 15.9. The van der Waals surface area contributed by atoms with E-state index in [2.05, 4.69) is 0 Å². The number of benzene rings is 1. The zero-order chi connectivity index (χ0) is 15.8. The van der Waals surface area contributed by atoms with Crippen molar-refractivity contribution >= 4 is 21.8 Å². The average molecular weight is 311 g/mol. The Morgan fingerprint density at radius 1 is 1.29 bits per heavy atom. The van der Waals surface area contributed by atoms with Gasteiger partial charge in [-0.25, -0.2) is 0 Å². The van der Waals surface area contributed by atoms with Gasteiger partial charge in [0.1, 0.15) is 0 Å². The zero-order valence-electron chi connectivity index (χ0n) is 12.8. The molecule has 0 saturated carbocycles. The number of para-hydroxylation sites is 1. The molecule has 0 N–H and O–H groups in total. The maximum Gasteiger partial charge on any atom is 0.281 e. The Morgan fingerprint density at radius 3 is 2.52 bits per heavy atom. The topological polar surface area (TPSA) is 60.9 Å². The highest BCUT2D eigenvalue weighted by Gasteiger charge is 2.33. The van der Waals surface area contributed by atoms with Crippen molar-refractivity contribution in [3.8, 4) is 0 Å². The van der Waals surface area contributed by atoms with Crippen LogP contribution in [0.15, 0.2) is 24.3 Å². The van der Waals surface area contributed by atoms with Gasteiger partial charge in [0.2, 0.25) is 5.91 Å². The lowest BCUT2D eigenvalue weighted by atomic mass is 10.1. The zero-order valence-corrected chi connectivity index (χ0v) is 13.6. The van der Waals surface area contributed by atoms with Crippen molar-refractivity contribution in [2.45, 2.75) is 19.4 Å². The summed E-state index contributed by atoms with van der Waals surface area (Å²) in [5.41, 5.74) is 2.00. The SMILES string of the molecule is C[C@H]1Cc2ccccc2N1C(=O)CN(C)S(=O)(=O)N(C)C. The summed E-state index contributed by atoms with van der Waals surface area (Å²) in [5.74, 6) is -0.208. The molecular formula is C14H21N3O3S. The summed E-state index contributed by atoms with van der Waals surface area (Å²) in [7, 11) is 0.736.